The maximum atomic E-state index is 12.8. The average molecular weight is 556 g/mol. The Kier molecular flexibility index (Phi) is 13.5. The summed E-state index contributed by atoms with van der Waals surface area (Å²) in [6, 6.07) is 15.3. The van der Waals surface area contributed by atoms with Gasteiger partial charge in [0.05, 0.1) is 19.6 Å². The molecule has 220 valence electrons. The van der Waals surface area contributed by atoms with Crippen molar-refractivity contribution in [3.63, 3.8) is 0 Å². The molecule has 2 aromatic carbocycles. The second-order valence-corrected chi connectivity index (χ2v) is 11.2. The predicted molar refractivity (Wildman–Crippen MR) is 156 cm³/mol. The highest BCUT2D eigenvalue weighted by atomic mass is 16.6. The molecule has 0 radical (unpaired) electrons. The van der Waals surface area contributed by atoms with Gasteiger partial charge < -0.3 is 24.3 Å². The SMILES string of the molecule is COC(=O)[C@@H](CCCCNC(=O)OC(C)(C)C)CC(=O)COc1ccccc1-c1ccccc1OCCC(C)C. The van der Waals surface area contributed by atoms with E-state index in [1.165, 1.54) is 7.11 Å². The van der Waals surface area contributed by atoms with Crippen LogP contribution in [0.4, 0.5) is 4.79 Å². The van der Waals surface area contributed by atoms with Gasteiger partial charge in [-0.3, -0.25) is 9.59 Å². The fourth-order valence-corrected chi connectivity index (χ4v) is 4.02. The fourth-order valence-electron chi connectivity index (χ4n) is 4.02. The first kappa shape index (κ1) is 32.7. The quantitative estimate of drug-likeness (QED) is 0.184. The Labute approximate surface area is 238 Å². The topological polar surface area (TPSA) is 100 Å². The number of methoxy groups -OCH3 is 1. The summed E-state index contributed by atoms with van der Waals surface area (Å²) < 4.78 is 22.2. The fraction of sp³-hybridized carbons (Fsp3) is 0.531. The number of benzene rings is 2. The van der Waals surface area contributed by atoms with Gasteiger partial charge in [0.1, 0.15) is 23.7 Å². The lowest BCUT2D eigenvalue weighted by Crippen LogP contribution is -2.33. The molecule has 40 heavy (non-hydrogen) atoms. The number of alkyl carbamates (subject to hydrolysis) is 1. The molecule has 0 aromatic heterocycles. The normalized spacial score (nSPS) is 12.0. The van der Waals surface area contributed by atoms with Crippen LogP contribution in [0.25, 0.3) is 11.1 Å². The summed E-state index contributed by atoms with van der Waals surface area (Å²) in [6.45, 7) is 10.6. The Hall–Kier alpha value is -3.55. The minimum atomic E-state index is -0.576. The Bertz CT molecular complexity index is 1090. The van der Waals surface area contributed by atoms with E-state index in [0.29, 0.717) is 44.1 Å². The molecule has 1 atom stereocenters. The zero-order valence-corrected chi connectivity index (χ0v) is 24.8. The predicted octanol–water partition coefficient (Wildman–Crippen LogP) is 6.60. The molecule has 8 heteroatoms. The summed E-state index contributed by atoms with van der Waals surface area (Å²) in [6.07, 6.45) is 2.23. The number of para-hydroxylation sites is 2. The van der Waals surface area contributed by atoms with Crippen LogP contribution in [0, 0.1) is 11.8 Å². The molecule has 0 unspecified atom stereocenters. The number of Topliss-reactive ketones (excluding diaryl/α,β-unsaturated/α-hetero) is 1. The number of carbonyl (C=O) groups is 3. The largest absolute Gasteiger partial charge is 0.493 e. The summed E-state index contributed by atoms with van der Waals surface area (Å²) in [4.78, 5) is 37.0. The van der Waals surface area contributed by atoms with Crippen LogP contribution in [-0.4, -0.2) is 50.3 Å². The Morgan fingerprint density at radius 3 is 2.02 bits per heavy atom. The van der Waals surface area contributed by atoms with E-state index in [1.807, 2.05) is 48.5 Å². The van der Waals surface area contributed by atoms with Crippen LogP contribution in [0.5, 0.6) is 11.5 Å². The van der Waals surface area contributed by atoms with E-state index in [-0.39, 0.29) is 18.8 Å². The lowest BCUT2D eigenvalue weighted by atomic mass is 9.96. The van der Waals surface area contributed by atoms with Crippen LogP contribution in [0.1, 0.15) is 66.7 Å². The maximum Gasteiger partial charge on any atom is 0.407 e. The Morgan fingerprint density at radius 2 is 1.45 bits per heavy atom. The number of hydrogen-bond donors (Lipinski definition) is 1. The van der Waals surface area contributed by atoms with E-state index in [0.717, 1.165) is 23.3 Å². The molecule has 0 spiro atoms. The van der Waals surface area contributed by atoms with Crippen molar-refractivity contribution in [3.05, 3.63) is 48.5 Å². The third-order valence-electron chi connectivity index (χ3n) is 6.06. The van der Waals surface area contributed by atoms with Crippen LogP contribution >= 0.6 is 0 Å². The molecule has 2 rings (SSSR count). The van der Waals surface area contributed by atoms with Gasteiger partial charge in [-0.25, -0.2) is 4.79 Å². The smallest absolute Gasteiger partial charge is 0.407 e. The first-order valence-corrected chi connectivity index (χ1v) is 14.0. The maximum absolute atomic E-state index is 12.8. The van der Waals surface area contributed by atoms with E-state index in [2.05, 4.69) is 19.2 Å². The van der Waals surface area contributed by atoms with E-state index < -0.39 is 23.6 Å². The number of rotatable bonds is 16. The molecule has 0 saturated heterocycles. The molecule has 1 N–H and O–H groups in total. The van der Waals surface area contributed by atoms with Crippen molar-refractivity contribution >= 4 is 17.8 Å². The van der Waals surface area contributed by atoms with Gasteiger partial charge in [-0.15, -0.1) is 0 Å². The molecule has 0 bridgehead atoms. The molecule has 0 saturated carbocycles. The molecular weight excluding hydrogens is 510 g/mol. The summed E-state index contributed by atoms with van der Waals surface area (Å²) in [5.41, 5.74) is 1.16. The van der Waals surface area contributed by atoms with Gasteiger partial charge in [-0.2, -0.15) is 0 Å². The van der Waals surface area contributed by atoms with Crippen molar-refractivity contribution in [2.24, 2.45) is 11.8 Å². The molecule has 0 aliphatic carbocycles. The molecule has 0 heterocycles. The first-order valence-electron chi connectivity index (χ1n) is 14.0. The molecule has 0 aliphatic heterocycles. The van der Waals surface area contributed by atoms with Crippen LogP contribution in [0.3, 0.4) is 0 Å². The van der Waals surface area contributed by atoms with E-state index in [9.17, 15) is 14.4 Å². The van der Waals surface area contributed by atoms with Gasteiger partial charge in [0.15, 0.2) is 5.78 Å². The minimum absolute atomic E-state index is 0.0171. The highest BCUT2D eigenvalue weighted by Gasteiger charge is 2.23. The number of ketones is 1. The molecular formula is C32H45NO7. The van der Waals surface area contributed by atoms with E-state index in [1.54, 1.807) is 20.8 Å². The van der Waals surface area contributed by atoms with Gasteiger partial charge >= 0.3 is 12.1 Å². The van der Waals surface area contributed by atoms with Gasteiger partial charge in [0.2, 0.25) is 0 Å². The zero-order valence-electron chi connectivity index (χ0n) is 24.8. The number of ether oxygens (including phenoxy) is 4. The average Bonchev–Trinajstić information content (AvgIpc) is 2.90. The van der Waals surface area contributed by atoms with Crippen molar-refractivity contribution in [3.8, 4) is 22.6 Å². The number of amides is 1. The summed E-state index contributed by atoms with van der Waals surface area (Å²) >= 11 is 0. The highest BCUT2D eigenvalue weighted by molar-refractivity contribution is 5.85. The second-order valence-electron chi connectivity index (χ2n) is 11.2. The van der Waals surface area contributed by atoms with Gasteiger partial charge in [0, 0.05) is 24.1 Å². The molecule has 8 nitrogen and oxygen atoms in total. The summed E-state index contributed by atoms with van der Waals surface area (Å²) in [5, 5.41) is 2.70. The highest BCUT2D eigenvalue weighted by Crippen LogP contribution is 2.36. The third-order valence-corrected chi connectivity index (χ3v) is 6.06. The lowest BCUT2D eigenvalue weighted by Gasteiger charge is -2.19. The van der Waals surface area contributed by atoms with Gasteiger partial charge in [0.25, 0.3) is 0 Å². The van der Waals surface area contributed by atoms with Crippen molar-refractivity contribution in [1.82, 2.24) is 5.32 Å². The molecule has 0 aliphatic rings. The van der Waals surface area contributed by atoms with Gasteiger partial charge in [-0.05, 0) is 58.1 Å². The van der Waals surface area contributed by atoms with Crippen molar-refractivity contribution in [1.29, 1.82) is 0 Å². The molecule has 0 fully saturated rings. The second kappa shape index (κ2) is 16.5. The minimum Gasteiger partial charge on any atom is -0.493 e. The first-order chi connectivity index (χ1) is 19.0. The number of esters is 1. The van der Waals surface area contributed by atoms with Crippen molar-refractivity contribution in [2.75, 3.05) is 26.9 Å². The van der Waals surface area contributed by atoms with Crippen molar-refractivity contribution < 1.29 is 33.3 Å². The number of carbonyl (C=O) groups excluding carboxylic acids is 3. The third kappa shape index (κ3) is 12.1. The van der Waals surface area contributed by atoms with Crippen molar-refractivity contribution in [2.45, 2.75) is 72.3 Å². The monoisotopic (exact) mass is 555 g/mol. The Balaban J connectivity index is 1.94. The van der Waals surface area contributed by atoms with E-state index >= 15 is 0 Å². The molecule has 2 aromatic rings. The van der Waals surface area contributed by atoms with Crippen LogP contribution in [0.2, 0.25) is 0 Å². The standard InChI is InChI=1S/C32H45NO7/c1-23(2)18-20-38-28-16-9-7-14-26(28)27-15-8-10-17-29(27)39-22-25(34)21-24(30(35)37-6)13-11-12-19-33-31(36)40-32(3,4)5/h7-10,14-17,23-24H,11-13,18-22H2,1-6H3,(H,33,36)/t24-/m0/s1. The molecule has 1 amide bonds. The number of unbranched alkanes of at least 4 members (excludes halogenated alkanes) is 1. The number of hydrogen-bond acceptors (Lipinski definition) is 7. The van der Waals surface area contributed by atoms with Gasteiger partial charge in [-0.1, -0.05) is 56.7 Å². The lowest BCUT2D eigenvalue weighted by molar-refractivity contribution is -0.147. The Morgan fingerprint density at radius 1 is 0.850 bits per heavy atom. The summed E-state index contributed by atoms with van der Waals surface area (Å²) in [7, 11) is 1.32. The number of nitrogens with one attached hydrogen (secondary N) is 1. The van der Waals surface area contributed by atoms with Crippen LogP contribution < -0.4 is 14.8 Å². The van der Waals surface area contributed by atoms with E-state index in [4.69, 9.17) is 18.9 Å². The summed E-state index contributed by atoms with van der Waals surface area (Å²) in [5.74, 6) is 0.667. The van der Waals surface area contributed by atoms with Crippen LogP contribution in [0.15, 0.2) is 48.5 Å². The van der Waals surface area contributed by atoms with Crippen LogP contribution in [-0.2, 0) is 19.1 Å². The zero-order chi connectivity index (χ0) is 29.5.